The molecule has 3 aromatic rings. The lowest BCUT2D eigenvalue weighted by Gasteiger charge is -2.32. The van der Waals surface area contributed by atoms with Crippen LogP contribution in [0.2, 0.25) is 0 Å². The number of aromatic hydroxyl groups is 1. The van der Waals surface area contributed by atoms with E-state index in [1.54, 1.807) is 6.07 Å². The topological polar surface area (TPSA) is 74.2 Å². The second-order valence-electron chi connectivity index (χ2n) is 8.05. The van der Waals surface area contributed by atoms with Crippen molar-refractivity contribution in [3.8, 4) is 17.0 Å². The molecule has 6 heteroatoms. The lowest BCUT2D eigenvalue weighted by atomic mass is 9.93. The van der Waals surface area contributed by atoms with Crippen molar-refractivity contribution in [2.75, 3.05) is 24.5 Å². The van der Waals surface area contributed by atoms with Gasteiger partial charge in [0.15, 0.2) is 5.65 Å². The van der Waals surface area contributed by atoms with Crippen molar-refractivity contribution in [1.29, 1.82) is 0 Å². The number of piperidine rings is 1. The van der Waals surface area contributed by atoms with Gasteiger partial charge in [0.2, 0.25) is 0 Å². The van der Waals surface area contributed by atoms with E-state index in [9.17, 15) is 5.11 Å². The zero-order valence-electron chi connectivity index (χ0n) is 16.3. The van der Waals surface area contributed by atoms with Gasteiger partial charge in [-0.3, -0.25) is 0 Å². The molecular weight excluding hydrogens is 350 g/mol. The van der Waals surface area contributed by atoms with E-state index >= 15 is 0 Å². The van der Waals surface area contributed by atoms with Crippen LogP contribution in [-0.2, 0) is 0 Å². The third-order valence-corrected chi connectivity index (χ3v) is 6.13. The van der Waals surface area contributed by atoms with Gasteiger partial charge in [0.25, 0.3) is 0 Å². The Hall–Kier alpha value is -2.73. The van der Waals surface area contributed by atoms with Crippen LogP contribution in [0.3, 0.4) is 0 Å². The SMILES string of the molecule is Cc1cc(C)c(-c2ccc3ncc(N4CCC5CCNCC54)nc3n2)c(O)c1. The number of pyridine rings is 1. The molecule has 0 spiro atoms. The number of nitrogens with one attached hydrogen (secondary N) is 1. The molecule has 2 aliphatic rings. The molecule has 0 amide bonds. The van der Waals surface area contributed by atoms with E-state index in [1.165, 1.54) is 12.8 Å². The first-order valence-corrected chi connectivity index (χ1v) is 10.0. The third-order valence-electron chi connectivity index (χ3n) is 6.13. The molecule has 144 valence electrons. The van der Waals surface area contributed by atoms with Gasteiger partial charge in [-0.25, -0.2) is 15.0 Å². The molecule has 6 nitrogen and oxygen atoms in total. The smallest absolute Gasteiger partial charge is 0.180 e. The first kappa shape index (κ1) is 17.4. The number of nitrogens with zero attached hydrogens (tertiary/aromatic N) is 4. The van der Waals surface area contributed by atoms with Gasteiger partial charge in [0.1, 0.15) is 17.1 Å². The van der Waals surface area contributed by atoms with Crippen LogP contribution in [0.5, 0.6) is 5.75 Å². The normalized spacial score (nSPS) is 21.9. The molecule has 0 saturated carbocycles. The number of phenols is 1. The van der Waals surface area contributed by atoms with Crippen molar-refractivity contribution in [3.05, 3.63) is 41.6 Å². The van der Waals surface area contributed by atoms with E-state index in [4.69, 9.17) is 9.97 Å². The Morgan fingerprint density at radius 1 is 1.14 bits per heavy atom. The van der Waals surface area contributed by atoms with E-state index in [0.717, 1.165) is 59.3 Å². The summed E-state index contributed by atoms with van der Waals surface area (Å²) in [6, 6.07) is 8.17. The van der Waals surface area contributed by atoms with Crippen LogP contribution in [-0.4, -0.2) is 45.7 Å². The minimum absolute atomic E-state index is 0.254. The van der Waals surface area contributed by atoms with Gasteiger partial charge in [0, 0.05) is 24.7 Å². The first-order valence-electron chi connectivity index (χ1n) is 10.0. The highest BCUT2D eigenvalue weighted by atomic mass is 16.3. The van der Waals surface area contributed by atoms with Crippen LogP contribution in [0.4, 0.5) is 5.82 Å². The zero-order valence-corrected chi connectivity index (χ0v) is 16.3. The van der Waals surface area contributed by atoms with Gasteiger partial charge in [0.05, 0.1) is 11.9 Å². The molecule has 1 aromatic carbocycles. The first-order chi connectivity index (χ1) is 13.6. The number of phenolic OH excluding ortho intramolecular Hbond substituents is 1. The number of aryl methyl sites for hydroxylation is 2. The van der Waals surface area contributed by atoms with Crippen LogP contribution in [0.25, 0.3) is 22.4 Å². The van der Waals surface area contributed by atoms with Crippen molar-refractivity contribution < 1.29 is 5.11 Å². The fourth-order valence-electron chi connectivity index (χ4n) is 4.80. The molecule has 28 heavy (non-hydrogen) atoms. The Bertz CT molecular complexity index is 1030. The number of rotatable bonds is 2. The Morgan fingerprint density at radius 2 is 2.04 bits per heavy atom. The standard InChI is InChI=1S/C22H25N5O/c1-13-9-14(2)21(19(28)10-13)16-3-4-17-22(25-16)26-20(12-24-17)27-8-6-15-5-7-23-11-18(15)27/h3-4,9-10,12,15,18,23,28H,5-8,11H2,1-2H3. The number of anilines is 1. The lowest BCUT2D eigenvalue weighted by molar-refractivity contribution is 0.358. The second kappa shape index (κ2) is 6.71. The molecule has 2 unspecified atom stereocenters. The molecule has 0 radical (unpaired) electrons. The number of fused-ring (bicyclic) bond motifs is 2. The highest BCUT2D eigenvalue weighted by Crippen LogP contribution is 2.34. The highest BCUT2D eigenvalue weighted by molar-refractivity contribution is 5.79. The molecule has 4 heterocycles. The van der Waals surface area contributed by atoms with Gasteiger partial charge in [-0.05, 0) is 68.5 Å². The minimum atomic E-state index is 0.254. The van der Waals surface area contributed by atoms with Gasteiger partial charge >= 0.3 is 0 Å². The van der Waals surface area contributed by atoms with Gasteiger partial charge in [-0.1, -0.05) is 6.07 Å². The summed E-state index contributed by atoms with van der Waals surface area (Å²) in [6.07, 6.45) is 4.32. The van der Waals surface area contributed by atoms with E-state index in [0.29, 0.717) is 11.7 Å². The number of benzene rings is 1. The molecule has 2 aliphatic heterocycles. The van der Waals surface area contributed by atoms with Crippen molar-refractivity contribution in [3.63, 3.8) is 0 Å². The maximum atomic E-state index is 10.5. The predicted molar refractivity (Wildman–Crippen MR) is 111 cm³/mol. The summed E-state index contributed by atoms with van der Waals surface area (Å²) in [5.41, 5.74) is 4.93. The second-order valence-corrected chi connectivity index (χ2v) is 8.05. The quantitative estimate of drug-likeness (QED) is 0.717. The summed E-state index contributed by atoms with van der Waals surface area (Å²) in [7, 11) is 0. The van der Waals surface area contributed by atoms with E-state index in [-0.39, 0.29) is 5.75 Å². The van der Waals surface area contributed by atoms with Crippen LogP contribution < -0.4 is 10.2 Å². The van der Waals surface area contributed by atoms with Crippen molar-refractivity contribution in [1.82, 2.24) is 20.3 Å². The summed E-state index contributed by atoms with van der Waals surface area (Å²) in [4.78, 5) is 16.6. The van der Waals surface area contributed by atoms with Crippen molar-refractivity contribution in [2.24, 2.45) is 5.92 Å². The van der Waals surface area contributed by atoms with Crippen molar-refractivity contribution in [2.45, 2.75) is 32.7 Å². The molecule has 2 atom stereocenters. The maximum Gasteiger partial charge on any atom is 0.180 e. The van der Waals surface area contributed by atoms with E-state index < -0.39 is 0 Å². The van der Waals surface area contributed by atoms with Crippen LogP contribution >= 0.6 is 0 Å². The highest BCUT2D eigenvalue weighted by Gasteiger charge is 2.36. The Kier molecular flexibility index (Phi) is 4.16. The lowest BCUT2D eigenvalue weighted by Crippen LogP contribution is -2.46. The van der Waals surface area contributed by atoms with Crippen LogP contribution in [0.1, 0.15) is 24.0 Å². The van der Waals surface area contributed by atoms with Crippen LogP contribution in [0.15, 0.2) is 30.5 Å². The molecule has 0 aliphatic carbocycles. The Balaban J connectivity index is 1.55. The summed E-state index contributed by atoms with van der Waals surface area (Å²) >= 11 is 0. The molecule has 0 bridgehead atoms. The van der Waals surface area contributed by atoms with E-state index in [1.807, 2.05) is 32.2 Å². The van der Waals surface area contributed by atoms with E-state index in [2.05, 4.69) is 21.3 Å². The van der Waals surface area contributed by atoms with Crippen LogP contribution in [0, 0.1) is 19.8 Å². The Labute approximate surface area is 164 Å². The fraction of sp³-hybridized carbons (Fsp3) is 0.409. The molecule has 5 rings (SSSR count). The minimum Gasteiger partial charge on any atom is -0.507 e. The number of hydrogen-bond donors (Lipinski definition) is 2. The number of aromatic nitrogens is 3. The monoisotopic (exact) mass is 375 g/mol. The molecule has 2 saturated heterocycles. The predicted octanol–water partition coefficient (Wildman–Crippen LogP) is 3.20. The van der Waals surface area contributed by atoms with Gasteiger partial charge in [-0.15, -0.1) is 0 Å². The Morgan fingerprint density at radius 3 is 2.89 bits per heavy atom. The molecule has 2 fully saturated rings. The summed E-state index contributed by atoms with van der Waals surface area (Å²) in [5.74, 6) is 1.90. The maximum absolute atomic E-state index is 10.5. The van der Waals surface area contributed by atoms with Gasteiger partial charge in [-0.2, -0.15) is 0 Å². The average Bonchev–Trinajstić information content (AvgIpc) is 3.11. The molecular formula is C22H25N5O. The average molecular weight is 375 g/mol. The number of hydrogen-bond acceptors (Lipinski definition) is 6. The largest absolute Gasteiger partial charge is 0.507 e. The zero-order chi connectivity index (χ0) is 19.3. The molecule has 2 N–H and O–H groups in total. The summed E-state index contributed by atoms with van der Waals surface area (Å²) in [5, 5.41) is 14.0. The van der Waals surface area contributed by atoms with Gasteiger partial charge < -0.3 is 15.3 Å². The molecule has 2 aromatic heterocycles. The van der Waals surface area contributed by atoms with Crippen molar-refractivity contribution >= 4 is 17.0 Å². The third kappa shape index (κ3) is 2.88. The summed E-state index contributed by atoms with van der Waals surface area (Å²) in [6.45, 7) is 7.12. The fourth-order valence-corrected chi connectivity index (χ4v) is 4.80. The summed E-state index contributed by atoms with van der Waals surface area (Å²) < 4.78 is 0.